The first-order chi connectivity index (χ1) is 6.36. The number of hydrogen-bond acceptors (Lipinski definition) is 3. The van der Waals surface area contributed by atoms with Gasteiger partial charge < -0.3 is 10.1 Å². The quantitative estimate of drug-likeness (QED) is 0.728. The van der Waals surface area contributed by atoms with Crippen molar-refractivity contribution >= 4 is 12.4 Å². The fraction of sp³-hybridized carbons (Fsp3) is 0.667. The number of halogens is 1. The van der Waals surface area contributed by atoms with Gasteiger partial charge in [0, 0.05) is 38.5 Å². The number of hydrogen-bond donors (Lipinski definition) is 1. The molecule has 0 unspecified atom stereocenters. The van der Waals surface area contributed by atoms with Crippen molar-refractivity contribution in [2.45, 2.75) is 20.0 Å². The molecule has 0 atom stereocenters. The molecule has 0 aliphatic heterocycles. The van der Waals surface area contributed by atoms with E-state index in [0.29, 0.717) is 0 Å². The molecule has 0 fully saturated rings. The summed E-state index contributed by atoms with van der Waals surface area (Å²) in [5.41, 5.74) is 1.22. The van der Waals surface area contributed by atoms with E-state index in [9.17, 15) is 0 Å². The van der Waals surface area contributed by atoms with Gasteiger partial charge in [0.1, 0.15) is 0 Å². The highest BCUT2D eigenvalue weighted by Crippen LogP contribution is 1.96. The number of nitrogens with one attached hydrogen (secondary N) is 1. The smallest absolute Gasteiger partial charge is 0.0587 e. The monoisotopic (exact) mass is 219 g/mol. The molecule has 0 aliphatic carbocycles. The molecule has 1 aromatic rings. The minimum atomic E-state index is 0. The number of methoxy groups -OCH3 is 1. The van der Waals surface area contributed by atoms with E-state index in [0.717, 1.165) is 26.2 Å². The molecule has 4 nitrogen and oxygen atoms in total. The molecule has 0 saturated carbocycles. The second-order valence-electron chi connectivity index (χ2n) is 2.87. The van der Waals surface area contributed by atoms with Crippen LogP contribution < -0.4 is 5.32 Å². The second-order valence-corrected chi connectivity index (χ2v) is 2.87. The Morgan fingerprint density at radius 2 is 2.36 bits per heavy atom. The van der Waals surface area contributed by atoms with Crippen LogP contribution in [0.1, 0.15) is 12.5 Å². The highest BCUT2D eigenvalue weighted by atomic mass is 35.5. The SMILES string of the molecule is CCn1cc(CNCCOC)cn1.Cl. The van der Waals surface area contributed by atoms with E-state index >= 15 is 0 Å². The van der Waals surface area contributed by atoms with E-state index in [-0.39, 0.29) is 12.4 Å². The zero-order valence-corrected chi connectivity index (χ0v) is 9.51. The Labute approximate surface area is 91.0 Å². The third-order valence-electron chi connectivity index (χ3n) is 1.82. The van der Waals surface area contributed by atoms with Gasteiger partial charge in [0.15, 0.2) is 0 Å². The largest absolute Gasteiger partial charge is 0.383 e. The van der Waals surface area contributed by atoms with E-state index in [1.165, 1.54) is 5.56 Å². The van der Waals surface area contributed by atoms with Crippen LogP contribution in [0.15, 0.2) is 12.4 Å². The molecule has 0 amide bonds. The lowest BCUT2D eigenvalue weighted by molar-refractivity contribution is 0.199. The van der Waals surface area contributed by atoms with E-state index in [2.05, 4.69) is 23.5 Å². The first-order valence-electron chi connectivity index (χ1n) is 4.57. The molecule has 82 valence electrons. The molecule has 0 bridgehead atoms. The van der Waals surface area contributed by atoms with Crippen LogP contribution in [-0.2, 0) is 17.8 Å². The van der Waals surface area contributed by atoms with Crippen molar-refractivity contribution in [3.63, 3.8) is 0 Å². The molecule has 0 saturated heterocycles. The number of nitrogens with zero attached hydrogens (tertiary/aromatic N) is 2. The standard InChI is InChI=1S/C9H17N3O.ClH/c1-3-12-8-9(7-11-12)6-10-4-5-13-2;/h7-8,10H,3-6H2,1-2H3;1H. The third kappa shape index (κ3) is 4.60. The Morgan fingerprint density at radius 1 is 1.57 bits per heavy atom. The Hall–Kier alpha value is -0.580. The van der Waals surface area contributed by atoms with E-state index in [4.69, 9.17) is 4.74 Å². The van der Waals surface area contributed by atoms with Crippen LogP contribution in [0.4, 0.5) is 0 Å². The normalized spacial score (nSPS) is 9.86. The lowest BCUT2D eigenvalue weighted by atomic mass is 10.3. The minimum absolute atomic E-state index is 0. The fourth-order valence-electron chi connectivity index (χ4n) is 1.08. The molecule has 1 N–H and O–H groups in total. The predicted molar refractivity (Wildman–Crippen MR) is 58.7 cm³/mol. The highest BCUT2D eigenvalue weighted by Gasteiger charge is 1.95. The van der Waals surface area contributed by atoms with Gasteiger partial charge in [-0.15, -0.1) is 12.4 Å². The zero-order chi connectivity index (χ0) is 9.52. The van der Waals surface area contributed by atoms with Gasteiger partial charge in [-0.05, 0) is 6.92 Å². The van der Waals surface area contributed by atoms with Crippen molar-refractivity contribution in [3.8, 4) is 0 Å². The molecule has 0 aromatic carbocycles. The predicted octanol–water partition coefficient (Wildman–Crippen LogP) is 1.06. The van der Waals surface area contributed by atoms with Gasteiger partial charge in [-0.2, -0.15) is 5.10 Å². The van der Waals surface area contributed by atoms with Gasteiger partial charge in [-0.3, -0.25) is 4.68 Å². The first-order valence-corrected chi connectivity index (χ1v) is 4.57. The average Bonchev–Trinajstić information content (AvgIpc) is 2.60. The summed E-state index contributed by atoms with van der Waals surface area (Å²) in [4.78, 5) is 0. The van der Waals surface area contributed by atoms with Crippen molar-refractivity contribution in [2.75, 3.05) is 20.3 Å². The van der Waals surface area contributed by atoms with Crippen LogP contribution in [-0.4, -0.2) is 30.0 Å². The summed E-state index contributed by atoms with van der Waals surface area (Å²) >= 11 is 0. The molecule has 14 heavy (non-hydrogen) atoms. The van der Waals surface area contributed by atoms with Crippen LogP contribution in [0.5, 0.6) is 0 Å². The van der Waals surface area contributed by atoms with Gasteiger partial charge in [0.25, 0.3) is 0 Å². The maximum absolute atomic E-state index is 4.92. The molecule has 1 aromatic heterocycles. The summed E-state index contributed by atoms with van der Waals surface area (Å²) in [6.45, 7) is 5.51. The maximum atomic E-state index is 4.92. The number of aryl methyl sites for hydroxylation is 1. The summed E-state index contributed by atoms with van der Waals surface area (Å²) in [7, 11) is 1.71. The molecule has 1 rings (SSSR count). The van der Waals surface area contributed by atoms with Crippen molar-refractivity contribution < 1.29 is 4.74 Å². The van der Waals surface area contributed by atoms with E-state index in [1.54, 1.807) is 7.11 Å². The molecule has 0 radical (unpaired) electrons. The number of rotatable bonds is 6. The first kappa shape index (κ1) is 13.4. The van der Waals surface area contributed by atoms with E-state index in [1.807, 2.05) is 10.9 Å². The summed E-state index contributed by atoms with van der Waals surface area (Å²) in [6.07, 6.45) is 3.95. The average molecular weight is 220 g/mol. The molecule has 5 heteroatoms. The number of aromatic nitrogens is 2. The van der Waals surface area contributed by atoms with Crippen molar-refractivity contribution in [3.05, 3.63) is 18.0 Å². The third-order valence-corrected chi connectivity index (χ3v) is 1.82. The van der Waals surface area contributed by atoms with Gasteiger partial charge in [-0.25, -0.2) is 0 Å². The fourth-order valence-corrected chi connectivity index (χ4v) is 1.08. The Kier molecular flexibility index (Phi) is 7.47. The zero-order valence-electron chi connectivity index (χ0n) is 8.69. The van der Waals surface area contributed by atoms with Crippen LogP contribution in [0.3, 0.4) is 0 Å². The van der Waals surface area contributed by atoms with Crippen molar-refractivity contribution in [2.24, 2.45) is 0 Å². The lowest BCUT2D eigenvalue weighted by Crippen LogP contribution is -2.18. The second kappa shape index (κ2) is 7.79. The number of ether oxygens (including phenoxy) is 1. The topological polar surface area (TPSA) is 39.1 Å². The Morgan fingerprint density at radius 3 is 2.93 bits per heavy atom. The highest BCUT2D eigenvalue weighted by molar-refractivity contribution is 5.85. The van der Waals surface area contributed by atoms with Crippen molar-refractivity contribution in [1.82, 2.24) is 15.1 Å². The summed E-state index contributed by atoms with van der Waals surface area (Å²) < 4.78 is 6.85. The van der Waals surface area contributed by atoms with Gasteiger partial charge in [0.2, 0.25) is 0 Å². The summed E-state index contributed by atoms with van der Waals surface area (Å²) in [5.74, 6) is 0. The van der Waals surface area contributed by atoms with E-state index < -0.39 is 0 Å². The summed E-state index contributed by atoms with van der Waals surface area (Å²) in [5, 5.41) is 7.44. The Balaban J connectivity index is 0.00000169. The molecule has 0 aliphatic rings. The van der Waals surface area contributed by atoms with Gasteiger partial charge >= 0.3 is 0 Å². The molecule has 0 spiro atoms. The van der Waals surface area contributed by atoms with Crippen LogP contribution in [0.2, 0.25) is 0 Å². The summed E-state index contributed by atoms with van der Waals surface area (Å²) in [6, 6.07) is 0. The van der Waals surface area contributed by atoms with Crippen LogP contribution >= 0.6 is 12.4 Å². The Bertz CT molecular complexity index is 240. The van der Waals surface area contributed by atoms with Crippen molar-refractivity contribution in [1.29, 1.82) is 0 Å². The minimum Gasteiger partial charge on any atom is -0.383 e. The van der Waals surface area contributed by atoms with Crippen LogP contribution in [0.25, 0.3) is 0 Å². The maximum Gasteiger partial charge on any atom is 0.0587 e. The molecular weight excluding hydrogens is 202 g/mol. The van der Waals surface area contributed by atoms with Gasteiger partial charge in [-0.1, -0.05) is 0 Å². The van der Waals surface area contributed by atoms with Crippen LogP contribution in [0, 0.1) is 0 Å². The lowest BCUT2D eigenvalue weighted by Gasteiger charge is -2.00. The van der Waals surface area contributed by atoms with Gasteiger partial charge in [0.05, 0.1) is 12.8 Å². The molecular formula is C9H18ClN3O. The molecule has 1 heterocycles.